The molecule has 0 N–H and O–H groups in total. The zero-order valence-electron chi connectivity index (χ0n) is 17.2. The van der Waals surface area contributed by atoms with E-state index < -0.39 is 0 Å². The Morgan fingerprint density at radius 3 is 2.27 bits per heavy atom. The molecule has 0 spiro atoms. The van der Waals surface area contributed by atoms with Gasteiger partial charge in [-0.2, -0.15) is 0 Å². The van der Waals surface area contributed by atoms with Gasteiger partial charge in [-0.05, 0) is 48.9 Å². The molecule has 0 bridgehead atoms. The molecular formula is C24H23N3O2S. The summed E-state index contributed by atoms with van der Waals surface area (Å²) < 4.78 is 13.0. The molecule has 152 valence electrons. The van der Waals surface area contributed by atoms with Crippen LogP contribution in [0.4, 0.5) is 0 Å². The fourth-order valence-electron chi connectivity index (χ4n) is 3.16. The second kappa shape index (κ2) is 9.05. The van der Waals surface area contributed by atoms with E-state index in [2.05, 4.69) is 46.0 Å². The molecule has 0 saturated carbocycles. The Bertz CT molecular complexity index is 1120. The van der Waals surface area contributed by atoms with Crippen molar-refractivity contribution in [2.75, 3.05) is 14.2 Å². The van der Waals surface area contributed by atoms with E-state index in [0.717, 1.165) is 39.5 Å². The van der Waals surface area contributed by atoms with Gasteiger partial charge in [0.25, 0.3) is 0 Å². The summed E-state index contributed by atoms with van der Waals surface area (Å²) in [6.07, 6.45) is 0. The van der Waals surface area contributed by atoms with Gasteiger partial charge in [-0.1, -0.05) is 53.7 Å². The normalized spacial score (nSPS) is 10.8. The first kappa shape index (κ1) is 20.0. The molecule has 0 aliphatic heterocycles. The van der Waals surface area contributed by atoms with Crippen molar-refractivity contribution in [1.82, 2.24) is 14.8 Å². The molecule has 0 radical (unpaired) electrons. The minimum Gasteiger partial charge on any atom is -0.497 e. The number of aromatic nitrogens is 3. The average molecular weight is 418 g/mol. The predicted molar refractivity (Wildman–Crippen MR) is 121 cm³/mol. The fraction of sp³-hybridized carbons (Fsp3) is 0.167. The molecule has 0 aliphatic rings. The Hall–Kier alpha value is -3.25. The van der Waals surface area contributed by atoms with Gasteiger partial charge in [-0.15, -0.1) is 10.2 Å². The summed E-state index contributed by atoms with van der Waals surface area (Å²) in [5.41, 5.74) is 4.36. The van der Waals surface area contributed by atoms with Crippen molar-refractivity contribution in [3.05, 3.63) is 83.9 Å². The first-order chi connectivity index (χ1) is 14.7. The zero-order chi connectivity index (χ0) is 20.9. The van der Waals surface area contributed by atoms with Crippen LogP contribution >= 0.6 is 11.8 Å². The summed E-state index contributed by atoms with van der Waals surface area (Å²) in [5.74, 6) is 3.11. The van der Waals surface area contributed by atoms with Crippen molar-refractivity contribution < 1.29 is 9.47 Å². The molecule has 0 unspecified atom stereocenters. The molecule has 4 aromatic rings. The monoisotopic (exact) mass is 417 g/mol. The number of methoxy groups -OCH3 is 2. The fourth-order valence-corrected chi connectivity index (χ4v) is 4.07. The molecule has 0 amide bonds. The van der Waals surface area contributed by atoms with Crippen molar-refractivity contribution >= 4 is 11.8 Å². The third-order valence-electron chi connectivity index (χ3n) is 4.80. The lowest BCUT2D eigenvalue weighted by atomic mass is 10.2. The minimum atomic E-state index is 0.740. The Labute approximate surface area is 180 Å². The van der Waals surface area contributed by atoms with Crippen molar-refractivity contribution in [3.63, 3.8) is 0 Å². The number of rotatable bonds is 7. The quantitative estimate of drug-likeness (QED) is 0.369. The van der Waals surface area contributed by atoms with Crippen LogP contribution in [-0.2, 0) is 5.75 Å². The summed E-state index contributed by atoms with van der Waals surface area (Å²) in [7, 11) is 3.33. The lowest BCUT2D eigenvalue weighted by molar-refractivity contribution is 0.414. The summed E-state index contributed by atoms with van der Waals surface area (Å²) >= 11 is 1.66. The predicted octanol–water partition coefficient (Wildman–Crippen LogP) is 5.55. The molecule has 3 aromatic carbocycles. The van der Waals surface area contributed by atoms with Crippen LogP contribution in [0.3, 0.4) is 0 Å². The minimum absolute atomic E-state index is 0.740. The number of nitrogens with zero attached hydrogens (tertiary/aromatic N) is 3. The smallest absolute Gasteiger partial charge is 0.196 e. The van der Waals surface area contributed by atoms with Gasteiger partial charge < -0.3 is 9.47 Å². The van der Waals surface area contributed by atoms with Crippen LogP contribution < -0.4 is 9.47 Å². The first-order valence-electron chi connectivity index (χ1n) is 9.61. The Kier molecular flexibility index (Phi) is 6.05. The van der Waals surface area contributed by atoms with Gasteiger partial charge in [-0.25, -0.2) is 0 Å². The van der Waals surface area contributed by atoms with Crippen LogP contribution in [0.1, 0.15) is 11.1 Å². The largest absolute Gasteiger partial charge is 0.497 e. The van der Waals surface area contributed by atoms with Crippen LogP contribution in [0.2, 0.25) is 0 Å². The zero-order valence-corrected chi connectivity index (χ0v) is 18.0. The van der Waals surface area contributed by atoms with E-state index in [0.29, 0.717) is 0 Å². The SMILES string of the molecule is COc1ccc(-n2c(SCc3ccc(C)cc3)nnc2-c2ccccc2OC)cc1. The Balaban J connectivity index is 1.75. The highest BCUT2D eigenvalue weighted by atomic mass is 32.2. The molecule has 0 aliphatic carbocycles. The van der Waals surface area contributed by atoms with Crippen LogP contribution in [-0.4, -0.2) is 29.0 Å². The molecule has 0 fully saturated rings. The summed E-state index contributed by atoms with van der Waals surface area (Å²) in [4.78, 5) is 0. The highest BCUT2D eigenvalue weighted by molar-refractivity contribution is 7.98. The van der Waals surface area contributed by atoms with E-state index in [9.17, 15) is 0 Å². The molecular weight excluding hydrogens is 394 g/mol. The topological polar surface area (TPSA) is 49.2 Å². The number of hydrogen-bond acceptors (Lipinski definition) is 5. The maximum Gasteiger partial charge on any atom is 0.196 e. The second-order valence-corrected chi connectivity index (χ2v) is 7.76. The molecule has 4 rings (SSSR count). The van der Waals surface area contributed by atoms with E-state index in [1.54, 1.807) is 26.0 Å². The van der Waals surface area contributed by atoms with Crippen LogP contribution in [0, 0.1) is 6.92 Å². The van der Waals surface area contributed by atoms with E-state index >= 15 is 0 Å². The number of para-hydroxylation sites is 1. The van der Waals surface area contributed by atoms with Crippen molar-refractivity contribution in [2.24, 2.45) is 0 Å². The maximum atomic E-state index is 5.57. The standard InChI is InChI=1S/C24H23N3O2S/c1-17-8-10-18(11-9-17)16-30-24-26-25-23(21-6-4-5-7-22(21)29-3)27(24)19-12-14-20(28-2)15-13-19/h4-15H,16H2,1-3H3. The maximum absolute atomic E-state index is 5.57. The van der Waals surface area contributed by atoms with E-state index in [-0.39, 0.29) is 0 Å². The summed E-state index contributed by atoms with van der Waals surface area (Å²) in [6.45, 7) is 2.09. The van der Waals surface area contributed by atoms with Gasteiger partial charge in [0.15, 0.2) is 11.0 Å². The van der Waals surface area contributed by atoms with Crippen molar-refractivity contribution in [3.8, 4) is 28.6 Å². The highest BCUT2D eigenvalue weighted by Gasteiger charge is 2.19. The van der Waals surface area contributed by atoms with E-state index in [4.69, 9.17) is 9.47 Å². The molecule has 0 saturated heterocycles. The van der Waals surface area contributed by atoms with Gasteiger partial charge >= 0.3 is 0 Å². The molecule has 1 heterocycles. The number of hydrogen-bond donors (Lipinski definition) is 0. The van der Waals surface area contributed by atoms with E-state index in [1.807, 2.05) is 48.5 Å². The second-order valence-electron chi connectivity index (χ2n) is 6.81. The summed E-state index contributed by atoms with van der Waals surface area (Å²) in [6, 6.07) is 24.3. The van der Waals surface area contributed by atoms with Gasteiger partial charge in [0.2, 0.25) is 0 Å². The molecule has 30 heavy (non-hydrogen) atoms. The van der Waals surface area contributed by atoms with Crippen molar-refractivity contribution in [2.45, 2.75) is 17.8 Å². The number of aryl methyl sites for hydroxylation is 1. The lowest BCUT2D eigenvalue weighted by Gasteiger charge is -2.13. The molecule has 0 atom stereocenters. The van der Waals surface area contributed by atoms with Crippen LogP contribution in [0.15, 0.2) is 78.0 Å². The first-order valence-corrected chi connectivity index (χ1v) is 10.6. The van der Waals surface area contributed by atoms with Gasteiger partial charge in [0, 0.05) is 5.75 Å². The molecule has 1 aromatic heterocycles. The third kappa shape index (κ3) is 4.19. The van der Waals surface area contributed by atoms with Gasteiger partial charge in [-0.3, -0.25) is 4.57 Å². The Morgan fingerprint density at radius 2 is 1.57 bits per heavy atom. The molecule has 5 nitrogen and oxygen atoms in total. The Morgan fingerprint density at radius 1 is 0.833 bits per heavy atom. The highest BCUT2D eigenvalue weighted by Crippen LogP contribution is 2.34. The van der Waals surface area contributed by atoms with E-state index in [1.165, 1.54) is 11.1 Å². The number of benzene rings is 3. The van der Waals surface area contributed by atoms with Crippen LogP contribution in [0.25, 0.3) is 17.1 Å². The third-order valence-corrected chi connectivity index (χ3v) is 5.80. The summed E-state index contributed by atoms with van der Waals surface area (Å²) in [5, 5.41) is 9.85. The van der Waals surface area contributed by atoms with Crippen molar-refractivity contribution in [1.29, 1.82) is 0 Å². The lowest BCUT2D eigenvalue weighted by Crippen LogP contribution is -2.01. The number of ether oxygens (including phenoxy) is 2. The molecule has 6 heteroatoms. The average Bonchev–Trinajstić information content (AvgIpc) is 3.22. The number of thioether (sulfide) groups is 1. The van der Waals surface area contributed by atoms with Crippen LogP contribution in [0.5, 0.6) is 11.5 Å². The van der Waals surface area contributed by atoms with Gasteiger partial charge in [0.1, 0.15) is 11.5 Å². The van der Waals surface area contributed by atoms with Gasteiger partial charge in [0.05, 0.1) is 25.5 Å².